The fraction of sp³-hybridized carbons (Fsp3) is 0.200. The molecule has 3 heteroatoms. The van der Waals surface area contributed by atoms with Crippen LogP contribution in [0.5, 0.6) is 0 Å². The summed E-state index contributed by atoms with van der Waals surface area (Å²) in [7, 11) is 0. The maximum Gasteiger partial charge on any atom is 0.304 e. The molecule has 0 heterocycles. The molecule has 3 nitrogen and oxygen atoms in total. The van der Waals surface area contributed by atoms with Crippen LogP contribution in [-0.2, 0) is 11.2 Å². The summed E-state index contributed by atoms with van der Waals surface area (Å²) in [5.74, 6) is -0.557. The Bertz CT molecular complexity index is 327. The molecular weight excluding hydrogens is 164 g/mol. The number of carbonyl (C=O) groups excluding carboxylic acids is 1. The Balaban J connectivity index is 2.69. The van der Waals surface area contributed by atoms with Crippen molar-refractivity contribution in [3.05, 3.63) is 47.3 Å². The third-order valence-electron chi connectivity index (χ3n) is 1.76. The van der Waals surface area contributed by atoms with Crippen molar-refractivity contribution < 1.29 is 4.79 Å². The zero-order valence-corrected chi connectivity index (χ0v) is 7.10. The van der Waals surface area contributed by atoms with Gasteiger partial charge in [0.1, 0.15) is 0 Å². The Hall–Kier alpha value is -1.82. The first-order chi connectivity index (χ1) is 6.24. The molecule has 66 valence electrons. The molecule has 0 spiro atoms. The average molecular weight is 174 g/mol. The quantitative estimate of drug-likeness (QED) is 0.683. The van der Waals surface area contributed by atoms with E-state index in [1.54, 1.807) is 0 Å². The van der Waals surface area contributed by atoms with Crippen LogP contribution in [0.3, 0.4) is 0 Å². The third-order valence-corrected chi connectivity index (χ3v) is 1.76. The molecule has 0 radical (unpaired) electrons. The van der Waals surface area contributed by atoms with E-state index in [0.717, 1.165) is 5.56 Å². The van der Waals surface area contributed by atoms with E-state index in [2.05, 4.69) is 4.85 Å². The van der Waals surface area contributed by atoms with E-state index in [4.69, 9.17) is 12.3 Å². The van der Waals surface area contributed by atoms with Gasteiger partial charge >= 0.3 is 11.9 Å². The molecule has 0 bridgehead atoms. The van der Waals surface area contributed by atoms with Crippen LogP contribution >= 0.6 is 0 Å². The van der Waals surface area contributed by atoms with E-state index in [1.807, 2.05) is 30.3 Å². The lowest BCUT2D eigenvalue weighted by molar-refractivity contribution is -0.118. The van der Waals surface area contributed by atoms with Gasteiger partial charge in [-0.3, -0.25) is 4.79 Å². The van der Waals surface area contributed by atoms with Gasteiger partial charge in [-0.05, 0) is 5.56 Å². The Morgan fingerprint density at radius 1 is 1.46 bits per heavy atom. The van der Waals surface area contributed by atoms with Crippen molar-refractivity contribution in [1.82, 2.24) is 0 Å². The van der Waals surface area contributed by atoms with E-state index in [1.165, 1.54) is 0 Å². The molecule has 1 aromatic rings. The molecule has 0 aliphatic carbocycles. The second kappa shape index (κ2) is 4.27. The molecule has 0 aliphatic heterocycles. The van der Waals surface area contributed by atoms with Crippen molar-refractivity contribution in [3.63, 3.8) is 0 Å². The normalized spacial score (nSPS) is 11.6. The Morgan fingerprint density at radius 2 is 2.08 bits per heavy atom. The van der Waals surface area contributed by atoms with Crippen LogP contribution in [0.15, 0.2) is 30.3 Å². The minimum Gasteiger partial charge on any atom is -0.363 e. The van der Waals surface area contributed by atoms with Gasteiger partial charge in [0.05, 0.1) is 6.42 Å². The van der Waals surface area contributed by atoms with Crippen molar-refractivity contribution >= 4 is 5.91 Å². The maximum absolute atomic E-state index is 10.7. The summed E-state index contributed by atoms with van der Waals surface area (Å²) in [6.07, 6.45) is 0.402. The van der Waals surface area contributed by atoms with Crippen LogP contribution in [0.1, 0.15) is 5.56 Å². The van der Waals surface area contributed by atoms with Gasteiger partial charge in [-0.25, -0.2) is 6.57 Å². The van der Waals surface area contributed by atoms with Crippen LogP contribution in [0.4, 0.5) is 0 Å². The van der Waals surface area contributed by atoms with Crippen LogP contribution < -0.4 is 5.73 Å². The highest BCUT2D eigenvalue weighted by molar-refractivity contribution is 5.81. The highest BCUT2D eigenvalue weighted by atomic mass is 16.1. The van der Waals surface area contributed by atoms with Crippen molar-refractivity contribution in [2.45, 2.75) is 12.5 Å². The van der Waals surface area contributed by atoms with E-state index in [9.17, 15) is 4.79 Å². The third kappa shape index (κ3) is 2.60. The minimum absolute atomic E-state index is 0.402. The van der Waals surface area contributed by atoms with Gasteiger partial charge in [-0.1, -0.05) is 30.3 Å². The molecule has 0 aliphatic rings. The Kier molecular flexibility index (Phi) is 3.04. The molecule has 0 saturated carbocycles. The minimum atomic E-state index is -0.734. The number of benzene rings is 1. The first-order valence-corrected chi connectivity index (χ1v) is 3.94. The summed E-state index contributed by atoms with van der Waals surface area (Å²) >= 11 is 0. The van der Waals surface area contributed by atoms with Gasteiger partial charge in [0.25, 0.3) is 0 Å². The zero-order chi connectivity index (χ0) is 9.68. The standard InChI is InChI=1S/C10H10N2O/c1-12-9(10(11)13)7-8-5-3-2-4-6-8/h2-6,9H,7H2,(H2,11,13). The van der Waals surface area contributed by atoms with E-state index >= 15 is 0 Å². The largest absolute Gasteiger partial charge is 0.363 e. The topological polar surface area (TPSA) is 47.5 Å². The molecule has 13 heavy (non-hydrogen) atoms. The average Bonchev–Trinajstić information content (AvgIpc) is 2.15. The van der Waals surface area contributed by atoms with Gasteiger partial charge in [0.15, 0.2) is 0 Å². The predicted octanol–water partition coefficient (Wildman–Crippen LogP) is 1.00. The van der Waals surface area contributed by atoms with Crippen LogP contribution in [0, 0.1) is 6.57 Å². The maximum atomic E-state index is 10.7. The van der Waals surface area contributed by atoms with Gasteiger partial charge < -0.3 is 10.6 Å². The summed E-state index contributed by atoms with van der Waals surface area (Å²) in [6.45, 7) is 6.76. The van der Waals surface area contributed by atoms with Gasteiger partial charge in [-0.15, -0.1) is 0 Å². The summed E-state index contributed by atoms with van der Waals surface area (Å²) in [5.41, 5.74) is 6.00. The number of carbonyl (C=O) groups is 1. The molecule has 0 saturated heterocycles. The lowest BCUT2D eigenvalue weighted by Gasteiger charge is -2.00. The van der Waals surface area contributed by atoms with Gasteiger partial charge in [0, 0.05) is 0 Å². The molecular formula is C10H10N2O. The second-order valence-corrected chi connectivity index (χ2v) is 2.74. The van der Waals surface area contributed by atoms with Crippen molar-refractivity contribution in [3.8, 4) is 0 Å². The number of nitrogens with zero attached hydrogens (tertiary/aromatic N) is 1. The monoisotopic (exact) mass is 174 g/mol. The highest BCUT2D eigenvalue weighted by Gasteiger charge is 2.19. The molecule has 0 aromatic heterocycles. The molecule has 1 unspecified atom stereocenters. The summed E-state index contributed by atoms with van der Waals surface area (Å²) in [5, 5.41) is 0. The summed E-state index contributed by atoms with van der Waals surface area (Å²) < 4.78 is 0. The fourth-order valence-corrected chi connectivity index (χ4v) is 1.05. The Labute approximate surface area is 77.0 Å². The summed E-state index contributed by atoms with van der Waals surface area (Å²) in [6, 6.07) is 8.65. The zero-order valence-electron chi connectivity index (χ0n) is 7.10. The molecule has 0 fully saturated rings. The molecule has 1 aromatic carbocycles. The highest BCUT2D eigenvalue weighted by Crippen LogP contribution is 2.05. The van der Waals surface area contributed by atoms with Gasteiger partial charge in [0.2, 0.25) is 0 Å². The first kappa shape index (κ1) is 9.27. The predicted molar refractivity (Wildman–Crippen MR) is 49.7 cm³/mol. The van der Waals surface area contributed by atoms with Crippen molar-refractivity contribution in [2.75, 3.05) is 0 Å². The SMILES string of the molecule is [C-]#[N+]C(Cc1ccccc1)C(N)=O. The number of hydrogen-bond acceptors (Lipinski definition) is 1. The fourth-order valence-electron chi connectivity index (χ4n) is 1.05. The first-order valence-electron chi connectivity index (χ1n) is 3.94. The molecule has 2 N–H and O–H groups in total. The van der Waals surface area contributed by atoms with E-state index < -0.39 is 11.9 Å². The molecule has 1 rings (SSSR count). The van der Waals surface area contributed by atoms with Crippen LogP contribution in [0.25, 0.3) is 4.85 Å². The molecule has 1 amide bonds. The van der Waals surface area contributed by atoms with Crippen LogP contribution in [-0.4, -0.2) is 11.9 Å². The van der Waals surface area contributed by atoms with Crippen molar-refractivity contribution in [1.29, 1.82) is 0 Å². The van der Waals surface area contributed by atoms with E-state index in [-0.39, 0.29) is 0 Å². The summed E-state index contributed by atoms with van der Waals surface area (Å²) in [4.78, 5) is 13.9. The Morgan fingerprint density at radius 3 is 2.54 bits per heavy atom. The second-order valence-electron chi connectivity index (χ2n) is 2.74. The number of hydrogen-bond donors (Lipinski definition) is 1. The number of amides is 1. The number of primary amides is 1. The number of rotatable bonds is 3. The smallest absolute Gasteiger partial charge is 0.304 e. The number of nitrogens with two attached hydrogens (primary N) is 1. The van der Waals surface area contributed by atoms with Crippen molar-refractivity contribution in [2.24, 2.45) is 5.73 Å². The molecule has 1 atom stereocenters. The lowest BCUT2D eigenvalue weighted by atomic mass is 10.1. The van der Waals surface area contributed by atoms with Gasteiger partial charge in [-0.2, -0.15) is 0 Å². The lowest BCUT2D eigenvalue weighted by Crippen LogP contribution is -2.27. The van der Waals surface area contributed by atoms with Crippen LogP contribution in [0.2, 0.25) is 0 Å². The van der Waals surface area contributed by atoms with E-state index in [0.29, 0.717) is 6.42 Å².